The number of rotatable bonds is 19. The molecule has 0 spiro atoms. The average Bonchev–Trinajstić information content (AvgIpc) is 3.23. The number of ether oxygens (including phenoxy) is 8. The van der Waals surface area contributed by atoms with Gasteiger partial charge < -0.3 is 54.3 Å². The molecule has 61 heavy (non-hydrogen) atoms. The van der Waals surface area contributed by atoms with Crippen LogP contribution in [0.4, 0.5) is 5.69 Å². The van der Waals surface area contributed by atoms with Crippen molar-refractivity contribution in [2.75, 3.05) is 39.3 Å². The number of hydrogen-bond donors (Lipinski definition) is 3. The molecule has 2 amide bonds. The Morgan fingerprint density at radius 2 is 1.38 bits per heavy atom. The average molecular weight is 864 g/mol. The number of amides is 2. The lowest BCUT2D eigenvalue weighted by molar-refractivity contribution is -0.253. The van der Waals surface area contributed by atoms with Crippen molar-refractivity contribution in [2.24, 2.45) is 11.8 Å². The number of nitrogen functional groups attached to an aromatic ring is 1. The zero-order valence-corrected chi connectivity index (χ0v) is 36.2. The second-order valence-corrected chi connectivity index (χ2v) is 16.1. The van der Waals surface area contributed by atoms with Crippen LogP contribution in [0.1, 0.15) is 50.5 Å². The van der Waals surface area contributed by atoms with E-state index < -0.39 is 65.9 Å². The van der Waals surface area contributed by atoms with Crippen LogP contribution in [0.3, 0.4) is 0 Å². The number of thioether (sulfide) groups is 1. The molecule has 0 aromatic heterocycles. The third kappa shape index (κ3) is 13.8. The number of anilines is 1. The molecule has 15 nitrogen and oxygen atoms in total. The molecule has 0 bridgehead atoms. The Kier molecular flexibility index (Phi) is 18.0. The molecule has 2 saturated heterocycles. The molecule has 2 heterocycles. The van der Waals surface area contributed by atoms with Gasteiger partial charge in [0, 0.05) is 43.2 Å². The summed E-state index contributed by atoms with van der Waals surface area (Å²) in [4.78, 5) is 51.0. The van der Waals surface area contributed by atoms with Gasteiger partial charge in [-0.3, -0.25) is 19.2 Å². The molecule has 3 aromatic carbocycles. The fraction of sp³-hybridized carbons (Fsp3) is 0.467. The highest BCUT2D eigenvalue weighted by Crippen LogP contribution is 2.38. The first-order valence-electron chi connectivity index (χ1n) is 20.2. The number of nitrogens with two attached hydrogens (primary N) is 1. The Morgan fingerprint density at radius 1 is 0.754 bits per heavy atom. The van der Waals surface area contributed by atoms with Crippen molar-refractivity contribution in [2.45, 2.75) is 94.3 Å². The first kappa shape index (κ1) is 47.1. The van der Waals surface area contributed by atoms with E-state index in [1.165, 1.54) is 32.5 Å². The Morgan fingerprint density at radius 3 is 1.98 bits per heavy atom. The van der Waals surface area contributed by atoms with Crippen molar-refractivity contribution in [1.29, 1.82) is 0 Å². The van der Waals surface area contributed by atoms with E-state index in [9.17, 15) is 19.2 Å². The van der Waals surface area contributed by atoms with E-state index in [2.05, 4.69) is 10.6 Å². The maximum Gasteiger partial charge on any atom is 0.305 e. The van der Waals surface area contributed by atoms with Crippen molar-refractivity contribution in [3.63, 3.8) is 0 Å². The van der Waals surface area contributed by atoms with Gasteiger partial charge in [0.2, 0.25) is 12.2 Å². The quantitative estimate of drug-likeness (QED) is 0.0823. The zero-order chi connectivity index (χ0) is 43.9. The highest BCUT2D eigenvalue weighted by Gasteiger charge is 2.48. The Bertz CT molecular complexity index is 1920. The molecule has 5 unspecified atom stereocenters. The van der Waals surface area contributed by atoms with Crippen LogP contribution in [0.2, 0.25) is 0 Å². The molecule has 16 heteroatoms. The van der Waals surface area contributed by atoms with E-state index in [4.69, 9.17) is 43.6 Å². The van der Waals surface area contributed by atoms with Crippen molar-refractivity contribution in [1.82, 2.24) is 10.6 Å². The van der Waals surface area contributed by atoms with Gasteiger partial charge >= 0.3 is 11.9 Å². The first-order chi connectivity index (χ1) is 29.3. The van der Waals surface area contributed by atoms with Crippen molar-refractivity contribution in [3.8, 4) is 5.75 Å². The van der Waals surface area contributed by atoms with Gasteiger partial charge in [-0.25, -0.2) is 0 Å². The van der Waals surface area contributed by atoms with Crippen molar-refractivity contribution in [3.05, 3.63) is 102 Å². The fourth-order valence-electron chi connectivity index (χ4n) is 7.20. The highest BCUT2D eigenvalue weighted by atomic mass is 32.2. The minimum atomic E-state index is -1.27. The number of benzene rings is 3. The van der Waals surface area contributed by atoms with Crippen LogP contribution in [0.25, 0.3) is 0 Å². The van der Waals surface area contributed by atoms with Crippen molar-refractivity contribution < 1.29 is 57.1 Å². The Hall–Kier alpha value is -4.97. The minimum absolute atomic E-state index is 0.0651. The van der Waals surface area contributed by atoms with Gasteiger partial charge in [-0.05, 0) is 42.0 Å². The molecule has 330 valence electrons. The summed E-state index contributed by atoms with van der Waals surface area (Å²) in [5.41, 5.74) is 7.11. The third-order valence-corrected chi connectivity index (χ3v) is 11.6. The van der Waals surface area contributed by atoms with Gasteiger partial charge in [-0.15, -0.1) is 0 Å². The number of methoxy groups -OCH3 is 1. The largest absolute Gasteiger partial charge is 0.497 e. The Labute approximate surface area is 361 Å². The van der Waals surface area contributed by atoms with E-state index in [1.54, 1.807) is 37.5 Å². The number of carbonyl (C=O) groups excluding carboxylic acids is 4. The standard InChI is InChI=1S/C45H57N3O12S/c1-27-37(25-54-24-32-14-8-7-9-15-32)60-45(61-34-20-18-33(53-6)19-21-34)40(47-29(3)49)42(27)56-23-13-12-22-55-41-28(2)38(26-57-30(4)50)59-44(58-31(5)51)39(41)48-43(52)35-16-10-11-17-36(35)46/h7-21,27-28,37-42,44-45H,22-26,46H2,1-6H3,(H,47,49)(H,48,52)/b13-12+/t27-,28-,37?,38?,39?,40?,41-,42-,44?,45-/m0/s1. The van der Waals surface area contributed by atoms with E-state index in [-0.39, 0.29) is 49.0 Å². The lowest BCUT2D eigenvalue weighted by Gasteiger charge is -2.45. The summed E-state index contributed by atoms with van der Waals surface area (Å²) in [7, 11) is 1.61. The molecular weight excluding hydrogens is 807 g/mol. The zero-order valence-electron chi connectivity index (χ0n) is 35.4. The summed E-state index contributed by atoms with van der Waals surface area (Å²) in [6, 6.07) is 22.6. The van der Waals surface area contributed by atoms with Crippen LogP contribution < -0.4 is 21.1 Å². The molecular formula is C45H57N3O12S. The van der Waals surface area contributed by atoms with Crippen LogP contribution in [0.5, 0.6) is 5.75 Å². The summed E-state index contributed by atoms with van der Waals surface area (Å²) >= 11 is 1.48. The summed E-state index contributed by atoms with van der Waals surface area (Å²) in [5.74, 6) is -1.81. The van der Waals surface area contributed by atoms with Crippen LogP contribution in [0.15, 0.2) is 95.9 Å². The summed E-state index contributed by atoms with van der Waals surface area (Å²) in [5, 5.41) is 5.99. The van der Waals surface area contributed by atoms with Gasteiger partial charge in [0.05, 0.1) is 63.5 Å². The predicted molar refractivity (Wildman–Crippen MR) is 227 cm³/mol. The van der Waals surface area contributed by atoms with E-state index in [1.807, 2.05) is 74.5 Å². The molecule has 0 radical (unpaired) electrons. The smallest absolute Gasteiger partial charge is 0.305 e. The summed E-state index contributed by atoms with van der Waals surface area (Å²) in [6.45, 7) is 8.64. The molecule has 3 aromatic rings. The lowest BCUT2D eigenvalue weighted by Crippen LogP contribution is -2.63. The fourth-order valence-corrected chi connectivity index (χ4v) is 8.33. The number of carbonyl (C=O) groups is 4. The molecule has 0 aliphatic carbocycles. The summed E-state index contributed by atoms with van der Waals surface area (Å²) in [6.07, 6.45) is -0.0211. The van der Waals surface area contributed by atoms with Gasteiger partial charge in [-0.1, -0.05) is 80.2 Å². The topological polar surface area (TPSA) is 192 Å². The summed E-state index contributed by atoms with van der Waals surface area (Å²) < 4.78 is 48.0. The molecule has 5 rings (SSSR count). The Balaban J connectivity index is 1.31. The second kappa shape index (κ2) is 23.3. The molecule has 2 aliphatic rings. The minimum Gasteiger partial charge on any atom is -0.497 e. The van der Waals surface area contributed by atoms with Gasteiger partial charge in [0.1, 0.15) is 29.9 Å². The van der Waals surface area contributed by atoms with E-state index >= 15 is 0 Å². The number of hydrogen-bond acceptors (Lipinski definition) is 14. The molecule has 10 atom stereocenters. The van der Waals surface area contributed by atoms with Crippen molar-refractivity contribution >= 4 is 41.2 Å². The van der Waals surface area contributed by atoms with Crippen LogP contribution in [-0.4, -0.2) is 106 Å². The van der Waals surface area contributed by atoms with Gasteiger partial charge in [0.25, 0.3) is 5.91 Å². The first-order valence-corrected chi connectivity index (χ1v) is 21.1. The normalized spacial score (nSPS) is 26.3. The number of nitrogens with one attached hydrogen (secondary N) is 2. The van der Waals surface area contributed by atoms with E-state index in [0.717, 1.165) is 16.2 Å². The van der Waals surface area contributed by atoms with Crippen LogP contribution in [0, 0.1) is 11.8 Å². The SMILES string of the molecule is COc1ccc(S[C@@H]2OC(COCc3ccccc3)[C@H](C)[C@H](OC/C=C/CO[C@@H]3C(NC(=O)c4ccccc4N)C(OC(C)=O)OC(COC(C)=O)[C@@H]3C)C2NC(C)=O)cc1. The van der Waals surface area contributed by atoms with Gasteiger partial charge in [0.15, 0.2) is 0 Å². The monoisotopic (exact) mass is 863 g/mol. The van der Waals surface area contributed by atoms with Crippen LogP contribution >= 0.6 is 11.8 Å². The maximum atomic E-state index is 13.5. The third-order valence-electron chi connectivity index (χ3n) is 10.4. The van der Waals surface area contributed by atoms with Gasteiger partial charge in [-0.2, -0.15) is 0 Å². The lowest BCUT2D eigenvalue weighted by atomic mass is 9.88. The van der Waals surface area contributed by atoms with E-state index in [0.29, 0.717) is 13.2 Å². The molecule has 2 fully saturated rings. The molecule has 0 saturated carbocycles. The molecule has 4 N–H and O–H groups in total. The maximum absolute atomic E-state index is 13.5. The second-order valence-electron chi connectivity index (χ2n) is 14.9. The highest BCUT2D eigenvalue weighted by molar-refractivity contribution is 7.99. The van der Waals surface area contributed by atoms with Crippen LogP contribution in [-0.2, 0) is 54.1 Å². The number of esters is 2. The molecule has 2 aliphatic heterocycles. The predicted octanol–water partition coefficient (Wildman–Crippen LogP) is 5.06. The number of para-hydroxylation sites is 1.